The number of carboxylic acid groups (broad SMARTS) is 1. The lowest BCUT2D eigenvalue weighted by Gasteiger charge is -2.03. The van der Waals surface area contributed by atoms with Gasteiger partial charge in [0.1, 0.15) is 5.69 Å². The maximum absolute atomic E-state index is 10.8. The van der Waals surface area contributed by atoms with Gasteiger partial charge < -0.3 is 5.11 Å². The molecule has 82 valence electrons. The Balaban J connectivity index is 3.51. The molecular formula is C8H11N3O4. The minimum Gasteiger partial charge on any atom is -0.476 e. The summed E-state index contributed by atoms with van der Waals surface area (Å²) >= 11 is 0. The van der Waals surface area contributed by atoms with Gasteiger partial charge in [-0.1, -0.05) is 13.8 Å². The summed E-state index contributed by atoms with van der Waals surface area (Å²) in [6.07, 6.45) is 0. The maximum Gasteiger partial charge on any atom is 0.363 e. The van der Waals surface area contributed by atoms with E-state index in [-0.39, 0.29) is 5.92 Å². The van der Waals surface area contributed by atoms with Gasteiger partial charge in [0.05, 0.1) is 4.92 Å². The van der Waals surface area contributed by atoms with E-state index < -0.39 is 22.3 Å². The number of aromatic carboxylic acids is 1. The first-order valence-corrected chi connectivity index (χ1v) is 4.30. The Morgan fingerprint density at radius 2 is 2.13 bits per heavy atom. The molecule has 0 amide bonds. The highest BCUT2D eigenvalue weighted by Gasteiger charge is 2.32. The molecule has 0 saturated carbocycles. The second-order valence-corrected chi connectivity index (χ2v) is 3.42. The van der Waals surface area contributed by atoms with E-state index in [1.165, 1.54) is 11.7 Å². The number of nitro groups is 1. The van der Waals surface area contributed by atoms with Crippen LogP contribution in [0.2, 0.25) is 0 Å². The molecule has 0 unspecified atom stereocenters. The van der Waals surface area contributed by atoms with Gasteiger partial charge in [0, 0.05) is 13.0 Å². The highest BCUT2D eigenvalue weighted by atomic mass is 16.6. The molecule has 0 aliphatic heterocycles. The van der Waals surface area contributed by atoms with Crippen LogP contribution in [0, 0.1) is 10.1 Å². The van der Waals surface area contributed by atoms with Gasteiger partial charge in [0.2, 0.25) is 5.69 Å². The molecule has 1 rings (SSSR count). The predicted octanol–water partition coefficient (Wildman–Crippen LogP) is 1.15. The monoisotopic (exact) mass is 213 g/mol. The van der Waals surface area contributed by atoms with Gasteiger partial charge in [0.25, 0.3) is 0 Å². The average Bonchev–Trinajstić information content (AvgIpc) is 2.42. The lowest BCUT2D eigenvalue weighted by Crippen LogP contribution is -2.03. The molecule has 0 aliphatic rings. The van der Waals surface area contributed by atoms with Crippen LogP contribution >= 0.6 is 0 Å². The molecule has 0 fully saturated rings. The zero-order chi connectivity index (χ0) is 11.7. The zero-order valence-corrected chi connectivity index (χ0v) is 8.59. The third kappa shape index (κ3) is 1.80. The lowest BCUT2D eigenvalue weighted by molar-refractivity contribution is -0.386. The number of aromatic nitrogens is 2. The smallest absolute Gasteiger partial charge is 0.363 e. The summed E-state index contributed by atoms with van der Waals surface area (Å²) in [5, 5.41) is 23.1. The van der Waals surface area contributed by atoms with E-state index in [2.05, 4.69) is 5.10 Å². The standard InChI is InChI=1S/C8H11N3O4/c1-4(2)6-7(11(14)15)5(8(12)13)9-10(6)3/h4H,1-3H3,(H,12,13). The van der Waals surface area contributed by atoms with Crippen LogP contribution < -0.4 is 0 Å². The van der Waals surface area contributed by atoms with Crippen LogP contribution in [0.1, 0.15) is 35.9 Å². The van der Waals surface area contributed by atoms with E-state index in [9.17, 15) is 14.9 Å². The van der Waals surface area contributed by atoms with Crippen molar-refractivity contribution in [2.75, 3.05) is 0 Å². The van der Waals surface area contributed by atoms with Crippen molar-refractivity contribution in [2.24, 2.45) is 7.05 Å². The van der Waals surface area contributed by atoms with Gasteiger partial charge in [0.15, 0.2) is 0 Å². The van der Waals surface area contributed by atoms with Crippen molar-refractivity contribution < 1.29 is 14.8 Å². The van der Waals surface area contributed by atoms with Crippen molar-refractivity contribution in [3.05, 3.63) is 21.5 Å². The minimum atomic E-state index is -1.38. The largest absolute Gasteiger partial charge is 0.476 e. The number of hydrogen-bond donors (Lipinski definition) is 1. The first-order valence-electron chi connectivity index (χ1n) is 4.30. The topological polar surface area (TPSA) is 98.3 Å². The molecule has 0 saturated heterocycles. The van der Waals surface area contributed by atoms with Crippen LogP contribution in [0.15, 0.2) is 0 Å². The van der Waals surface area contributed by atoms with E-state index in [4.69, 9.17) is 5.11 Å². The molecular weight excluding hydrogens is 202 g/mol. The SMILES string of the molecule is CC(C)c1c([N+](=O)[O-])c(C(=O)O)nn1C. The summed E-state index contributed by atoms with van der Waals surface area (Å²) in [5.41, 5.74) is -0.608. The molecule has 0 bridgehead atoms. The fourth-order valence-electron chi connectivity index (χ4n) is 1.50. The predicted molar refractivity (Wildman–Crippen MR) is 50.9 cm³/mol. The molecule has 0 aliphatic carbocycles. The quantitative estimate of drug-likeness (QED) is 0.599. The molecule has 1 N–H and O–H groups in total. The van der Waals surface area contributed by atoms with Gasteiger partial charge >= 0.3 is 11.7 Å². The molecule has 1 aromatic rings. The first-order chi connectivity index (χ1) is 6.86. The Morgan fingerprint density at radius 3 is 2.47 bits per heavy atom. The van der Waals surface area contributed by atoms with E-state index in [0.717, 1.165) is 0 Å². The highest BCUT2D eigenvalue weighted by Crippen LogP contribution is 2.29. The van der Waals surface area contributed by atoms with Crippen molar-refractivity contribution in [2.45, 2.75) is 19.8 Å². The number of aryl methyl sites for hydroxylation is 1. The Labute approximate surface area is 85.5 Å². The van der Waals surface area contributed by atoms with Crippen LogP contribution in [-0.4, -0.2) is 25.8 Å². The minimum absolute atomic E-state index is 0.156. The molecule has 1 aromatic heterocycles. The van der Waals surface area contributed by atoms with Crippen LogP contribution in [0.3, 0.4) is 0 Å². The van der Waals surface area contributed by atoms with Crippen molar-refractivity contribution in [1.82, 2.24) is 9.78 Å². The number of carbonyl (C=O) groups is 1. The van der Waals surface area contributed by atoms with Crippen molar-refractivity contribution >= 4 is 11.7 Å². The number of rotatable bonds is 3. The van der Waals surface area contributed by atoms with Crippen molar-refractivity contribution in [3.63, 3.8) is 0 Å². The van der Waals surface area contributed by atoms with Crippen molar-refractivity contribution in [1.29, 1.82) is 0 Å². The number of carboxylic acids is 1. The molecule has 0 spiro atoms. The second kappa shape index (κ2) is 3.68. The van der Waals surface area contributed by atoms with Gasteiger partial charge in [-0.25, -0.2) is 4.79 Å². The number of nitrogens with zero attached hydrogens (tertiary/aromatic N) is 3. The third-order valence-electron chi connectivity index (χ3n) is 2.00. The average molecular weight is 213 g/mol. The summed E-state index contributed by atoms with van der Waals surface area (Å²) in [7, 11) is 1.49. The second-order valence-electron chi connectivity index (χ2n) is 3.42. The van der Waals surface area contributed by atoms with E-state index in [1.807, 2.05) is 0 Å². The van der Waals surface area contributed by atoms with Crippen LogP contribution in [0.4, 0.5) is 5.69 Å². The summed E-state index contributed by atoms with van der Waals surface area (Å²) < 4.78 is 1.24. The number of hydrogen-bond acceptors (Lipinski definition) is 4. The van der Waals surface area contributed by atoms with E-state index in [0.29, 0.717) is 5.69 Å². The summed E-state index contributed by atoms with van der Waals surface area (Å²) in [5.74, 6) is -1.54. The molecule has 1 heterocycles. The molecule has 0 radical (unpaired) electrons. The Hall–Kier alpha value is -1.92. The van der Waals surface area contributed by atoms with Gasteiger partial charge in [-0.2, -0.15) is 5.10 Å². The highest BCUT2D eigenvalue weighted by molar-refractivity contribution is 5.90. The molecule has 0 atom stereocenters. The van der Waals surface area contributed by atoms with Gasteiger partial charge in [-0.3, -0.25) is 14.8 Å². The van der Waals surface area contributed by atoms with Crippen LogP contribution in [0.5, 0.6) is 0 Å². The summed E-state index contributed by atoms with van der Waals surface area (Å²) in [6.45, 7) is 3.49. The van der Waals surface area contributed by atoms with Crippen LogP contribution in [-0.2, 0) is 7.05 Å². The molecule has 7 nitrogen and oxygen atoms in total. The molecule has 0 aromatic carbocycles. The van der Waals surface area contributed by atoms with E-state index >= 15 is 0 Å². The Morgan fingerprint density at radius 1 is 1.60 bits per heavy atom. The molecule has 15 heavy (non-hydrogen) atoms. The summed E-state index contributed by atoms with van der Waals surface area (Å²) in [6, 6.07) is 0. The first kappa shape index (κ1) is 11.2. The van der Waals surface area contributed by atoms with Gasteiger partial charge in [-0.15, -0.1) is 0 Å². The van der Waals surface area contributed by atoms with Gasteiger partial charge in [-0.05, 0) is 0 Å². The van der Waals surface area contributed by atoms with Crippen molar-refractivity contribution in [3.8, 4) is 0 Å². The fourth-order valence-corrected chi connectivity index (χ4v) is 1.50. The summed E-state index contributed by atoms with van der Waals surface area (Å²) in [4.78, 5) is 20.8. The normalized spacial score (nSPS) is 10.7. The Bertz CT molecular complexity index is 422. The zero-order valence-electron chi connectivity index (χ0n) is 8.59. The third-order valence-corrected chi connectivity index (χ3v) is 2.00. The fraction of sp³-hybridized carbons (Fsp3) is 0.500. The van der Waals surface area contributed by atoms with E-state index in [1.54, 1.807) is 13.8 Å². The maximum atomic E-state index is 10.8. The van der Waals surface area contributed by atoms with Crippen LogP contribution in [0.25, 0.3) is 0 Å². The Kier molecular flexibility index (Phi) is 2.74. The molecule has 7 heteroatoms. The lowest BCUT2D eigenvalue weighted by atomic mass is 10.1.